The summed E-state index contributed by atoms with van der Waals surface area (Å²) in [5.41, 5.74) is 0.961. The highest BCUT2D eigenvalue weighted by Crippen LogP contribution is 2.32. The summed E-state index contributed by atoms with van der Waals surface area (Å²) in [6.07, 6.45) is 2.59. The Morgan fingerprint density at radius 2 is 1.87 bits per heavy atom. The van der Waals surface area contributed by atoms with Gasteiger partial charge in [-0.25, -0.2) is 4.98 Å². The number of hydrogen-bond acceptors (Lipinski definition) is 5. The SMILES string of the molecule is O=[N+]([O-])c1ccc(N2CCC([C@@H](O)c3ccccc3)CC2)nc1. The van der Waals surface area contributed by atoms with Crippen molar-refractivity contribution in [1.82, 2.24) is 4.98 Å². The number of benzene rings is 1. The van der Waals surface area contributed by atoms with Crippen molar-refractivity contribution in [2.45, 2.75) is 18.9 Å². The van der Waals surface area contributed by atoms with Crippen molar-refractivity contribution in [2.75, 3.05) is 18.0 Å². The van der Waals surface area contributed by atoms with E-state index in [4.69, 9.17) is 0 Å². The number of rotatable bonds is 4. The topological polar surface area (TPSA) is 79.5 Å². The highest BCUT2D eigenvalue weighted by molar-refractivity contribution is 5.43. The van der Waals surface area contributed by atoms with Gasteiger partial charge in [-0.3, -0.25) is 10.1 Å². The van der Waals surface area contributed by atoms with E-state index in [0.29, 0.717) is 0 Å². The fourth-order valence-corrected chi connectivity index (χ4v) is 3.04. The van der Waals surface area contributed by atoms with Crippen molar-refractivity contribution in [3.05, 3.63) is 64.3 Å². The monoisotopic (exact) mass is 313 g/mol. The number of piperidine rings is 1. The van der Waals surface area contributed by atoms with Crippen LogP contribution in [0.25, 0.3) is 0 Å². The molecule has 0 aliphatic carbocycles. The Morgan fingerprint density at radius 1 is 1.17 bits per heavy atom. The van der Waals surface area contributed by atoms with Gasteiger partial charge in [0.05, 0.1) is 11.0 Å². The molecule has 0 spiro atoms. The summed E-state index contributed by atoms with van der Waals surface area (Å²) in [5.74, 6) is 0.981. The molecule has 1 fully saturated rings. The summed E-state index contributed by atoms with van der Waals surface area (Å²) in [4.78, 5) is 16.5. The minimum Gasteiger partial charge on any atom is -0.388 e. The van der Waals surface area contributed by atoms with Gasteiger partial charge >= 0.3 is 0 Å². The largest absolute Gasteiger partial charge is 0.388 e. The molecule has 2 aromatic rings. The van der Waals surface area contributed by atoms with E-state index < -0.39 is 11.0 Å². The second-order valence-corrected chi connectivity index (χ2v) is 5.81. The quantitative estimate of drug-likeness (QED) is 0.693. The van der Waals surface area contributed by atoms with E-state index in [-0.39, 0.29) is 11.6 Å². The minimum absolute atomic E-state index is 0.00290. The summed E-state index contributed by atoms with van der Waals surface area (Å²) in [6, 6.07) is 12.9. The zero-order chi connectivity index (χ0) is 16.2. The van der Waals surface area contributed by atoms with Gasteiger partial charge < -0.3 is 10.0 Å². The van der Waals surface area contributed by atoms with Gasteiger partial charge in [-0.2, -0.15) is 0 Å². The first-order valence-corrected chi connectivity index (χ1v) is 7.73. The highest BCUT2D eigenvalue weighted by atomic mass is 16.6. The first-order valence-electron chi connectivity index (χ1n) is 7.73. The number of nitrogens with zero attached hydrogens (tertiary/aromatic N) is 3. The molecule has 0 amide bonds. The van der Waals surface area contributed by atoms with Gasteiger partial charge in [0, 0.05) is 19.2 Å². The van der Waals surface area contributed by atoms with Crippen molar-refractivity contribution >= 4 is 11.5 Å². The molecule has 1 aromatic carbocycles. The molecule has 6 nitrogen and oxygen atoms in total. The number of pyridine rings is 1. The zero-order valence-electron chi connectivity index (χ0n) is 12.7. The van der Waals surface area contributed by atoms with Crippen LogP contribution in [0.5, 0.6) is 0 Å². The first kappa shape index (κ1) is 15.4. The average Bonchev–Trinajstić information content (AvgIpc) is 2.62. The molecule has 1 aliphatic heterocycles. The van der Waals surface area contributed by atoms with E-state index in [1.165, 1.54) is 12.3 Å². The zero-order valence-corrected chi connectivity index (χ0v) is 12.7. The summed E-state index contributed by atoms with van der Waals surface area (Å²) in [7, 11) is 0. The fourth-order valence-electron chi connectivity index (χ4n) is 3.04. The molecule has 1 aliphatic rings. The minimum atomic E-state index is -0.445. The number of aliphatic hydroxyl groups excluding tert-OH is 1. The Morgan fingerprint density at radius 3 is 2.43 bits per heavy atom. The predicted octanol–water partition coefficient (Wildman–Crippen LogP) is 2.94. The highest BCUT2D eigenvalue weighted by Gasteiger charge is 2.26. The van der Waals surface area contributed by atoms with Crippen LogP contribution in [0.4, 0.5) is 11.5 Å². The lowest BCUT2D eigenvalue weighted by Gasteiger charge is -2.35. The summed E-state index contributed by atoms with van der Waals surface area (Å²) in [5, 5.41) is 21.2. The third-order valence-corrected chi connectivity index (χ3v) is 4.39. The molecule has 1 N–H and O–H groups in total. The number of hydrogen-bond donors (Lipinski definition) is 1. The number of nitro groups is 1. The van der Waals surface area contributed by atoms with Crippen molar-refractivity contribution in [3.63, 3.8) is 0 Å². The molecule has 120 valence electrons. The maximum Gasteiger partial charge on any atom is 0.287 e. The smallest absolute Gasteiger partial charge is 0.287 e. The van der Waals surface area contributed by atoms with Crippen LogP contribution in [0.15, 0.2) is 48.7 Å². The maximum absolute atomic E-state index is 10.7. The van der Waals surface area contributed by atoms with Crippen molar-refractivity contribution in [1.29, 1.82) is 0 Å². The van der Waals surface area contributed by atoms with Gasteiger partial charge in [-0.05, 0) is 30.4 Å². The third-order valence-electron chi connectivity index (χ3n) is 4.39. The van der Waals surface area contributed by atoms with Crippen LogP contribution >= 0.6 is 0 Å². The van der Waals surface area contributed by atoms with E-state index in [0.717, 1.165) is 37.3 Å². The first-order chi connectivity index (χ1) is 11.1. The summed E-state index contributed by atoms with van der Waals surface area (Å²) < 4.78 is 0. The predicted molar refractivity (Wildman–Crippen MR) is 87.2 cm³/mol. The van der Waals surface area contributed by atoms with Gasteiger partial charge in [0.1, 0.15) is 12.0 Å². The van der Waals surface area contributed by atoms with E-state index in [1.807, 2.05) is 30.3 Å². The molecule has 0 unspecified atom stereocenters. The Hall–Kier alpha value is -2.47. The van der Waals surface area contributed by atoms with E-state index in [9.17, 15) is 15.2 Å². The average molecular weight is 313 g/mol. The lowest BCUT2D eigenvalue weighted by Crippen LogP contribution is -2.36. The van der Waals surface area contributed by atoms with Crippen molar-refractivity contribution in [2.24, 2.45) is 5.92 Å². The van der Waals surface area contributed by atoms with Crippen LogP contribution in [0, 0.1) is 16.0 Å². The molecule has 23 heavy (non-hydrogen) atoms. The summed E-state index contributed by atoms with van der Waals surface area (Å²) >= 11 is 0. The summed E-state index contributed by atoms with van der Waals surface area (Å²) in [6.45, 7) is 1.58. The van der Waals surface area contributed by atoms with E-state index in [1.54, 1.807) is 6.07 Å². The lowest BCUT2D eigenvalue weighted by molar-refractivity contribution is -0.385. The van der Waals surface area contributed by atoms with Crippen molar-refractivity contribution < 1.29 is 10.0 Å². The van der Waals surface area contributed by atoms with Gasteiger partial charge in [0.25, 0.3) is 5.69 Å². The molecular formula is C17H19N3O3. The maximum atomic E-state index is 10.7. The molecule has 1 saturated heterocycles. The molecular weight excluding hydrogens is 294 g/mol. The fraction of sp³-hybridized carbons (Fsp3) is 0.353. The van der Waals surface area contributed by atoms with E-state index in [2.05, 4.69) is 9.88 Å². The Labute approximate surface area is 134 Å². The normalized spacial score (nSPS) is 17.0. The van der Waals surface area contributed by atoms with Crippen LogP contribution < -0.4 is 4.90 Å². The second-order valence-electron chi connectivity index (χ2n) is 5.81. The van der Waals surface area contributed by atoms with Gasteiger partial charge in [-0.1, -0.05) is 30.3 Å². The Bertz CT molecular complexity index is 653. The molecule has 3 rings (SSSR count). The van der Waals surface area contributed by atoms with Crippen LogP contribution in [0.3, 0.4) is 0 Å². The standard InChI is InChI=1S/C17H19N3O3/c21-17(13-4-2-1-3-5-13)14-8-10-19(11-9-14)16-7-6-15(12-18-16)20(22)23/h1-7,12,14,17,21H,8-11H2/t17-/m0/s1. The van der Waals surface area contributed by atoms with E-state index >= 15 is 0 Å². The van der Waals surface area contributed by atoms with Crippen LogP contribution in [0.1, 0.15) is 24.5 Å². The Kier molecular flexibility index (Phi) is 4.52. The molecule has 1 aromatic heterocycles. The molecule has 0 radical (unpaired) electrons. The van der Waals surface area contributed by atoms with Crippen molar-refractivity contribution in [3.8, 4) is 0 Å². The molecule has 0 saturated carbocycles. The Balaban J connectivity index is 1.61. The number of aromatic nitrogens is 1. The molecule has 1 atom stereocenters. The van der Waals surface area contributed by atoms with Crippen LogP contribution in [-0.2, 0) is 0 Å². The van der Waals surface area contributed by atoms with Gasteiger partial charge in [0.15, 0.2) is 0 Å². The van der Waals surface area contributed by atoms with Crippen LogP contribution in [-0.4, -0.2) is 28.1 Å². The molecule has 2 heterocycles. The third kappa shape index (κ3) is 3.48. The van der Waals surface area contributed by atoms with Crippen LogP contribution in [0.2, 0.25) is 0 Å². The van der Waals surface area contributed by atoms with Gasteiger partial charge in [0.2, 0.25) is 0 Å². The second kappa shape index (κ2) is 6.75. The molecule has 6 heteroatoms. The number of anilines is 1. The molecule has 0 bridgehead atoms. The lowest BCUT2D eigenvalue weighted by atomic mass is 9.87. The van der Waals surface area contributed by atoms with Gasteiger partial charge in [-0.15, -0.1) is 0 Å². The number of aliphatic hydroxyl groups is 1.